The molecule has 116 valence electrons. The van der Waals surface area contributed by atoms with E-state index in [0.717, 1.165) is 31.4 Å². The summed E-state index contributed by atoms with van der Waals surface area (Å²) in [5, 5.41) is 13.0. The predicted molar refractivity (Wildman–Crippen MR) is 75.9 cm³/mol. The third kappa shape index (κ3) is 4.00. The Morgan fingerprint density at radius 2 is 2.05 bits per heavy atom. The van der Waals surface area contributed by atoms with Crippen molar-refractivity contribution in [2.45, 2.75) is 44.6 Å². The first-order valence-corrected chi connectivity index (χ1v) is 7.39. The number of hydrogen-bond donors (Lipinski definition) is 2. The molecule has 0 atom stereocenters. The summed E-state index contributed by atoms with van der Waals surface area (Å²) in [6.45, 7) is 2.23. The second kappa shape index (κ2) is 6.52. The van der Waals surface area contributed by atoms with Crippen LogP contribution in [0.4, 0.5) is 8.78 Å². The summed E-state index contributed by atoms with van der Waals surface area (Å²) in [6, 6.07) is 2.83. The quantitative estimate of drug-likeness (QED) is 0.897. The summed E-state index contributed by atoms with van der Waals surface area (Å²) in [5.41, 5.74) is -1.13. The number of amides is 1. The molecule has 1 aromatic carbocycles. The standard InChI is InChI=1S/C16H21F2NO2/c1-2-11-5-7-16(21,8-6-11)10-19-15(20)13-4-3-12(17)9-14(13)18/h3-4,9,11,21H,2,5-8,10H2,1H3,(H,19,20). The molecule has 1 aliphatic carbocycles. The molecule has 0 spiro atoms. The lowest BCUT2D eigenvalue weighted by Gasteiger charge is -2.35. The van der Waals surface area contributed by atoms with Gasteiger partial charge < -0.3 is 10.4 Å². The largest absolute Gasteiger partial charge is 0.388 e. The van der Waals surface area contributed by atoms with E-state index in [-0.39, 0.29) is 12.1 Å². The van der Waals surface area contributed by atoms with E-state index in [1.165, 1.54) is 0 Å². The van der Waals surface area contributed by atoms with Crippen molar-refractivity contribution in [2.75, 3.05) is 6.54 Å². The van der Waals surface area contributed by atoms with Gasteiger partial charge in [-0.2, -0.15) is 0 Å². The Balaban J connectivity index is 1.92. The molecule has 2 rings (SSSR count). The van der Waals surface area contributed by atoms with E-state index in [9.17, 15) is 18.7 Å². The van der Waals surface area contributed by atoms with E-state index in [2.05, 4.69) is 12.2 Å². The number of halogens is 2. The van der Waals surface area contributed by atoms with E-state index in [4.69, 9.17) is 0 Å². The molecule has 1 fully saturated rings. The van der Waals surface area contributed by atoms with E-state index in [1.54, 1.807) is 0 Å². The first kappa shape index (κ1) is 15.9. The van der Waals surface area contributed by atoms with Gasteiger partial charge in [0.05, 0.1) is 11.2 Å². The van der Waals surface area contributed by atoms with Crippen molar-refractivity contribution in [1.82, 2.24) is 5.32 Å². The molecule has 0 unspecified atom stereocenters. The number of nitrogens with one attached hydrogen (secondary N) is 1. The first-order valence-electron chi connectivity index (χ1n) is 7.39. The van der Waals surface area contributed by atoms with Crippen LogP contribution in [0.15, 0.2) is 18.2 Å². The molecule has 21 heavy (non-hydrogen) atoms. The topological polar surface area (TPSA) is 49.3 Å². The van der Waals surface area contributed by atoms with Gasteiger partial charge in [-0.05, 0) is 43.7 Å². The molecule has 1 amide bonds. The van der Waals surface area contributed by atoms with Gasteiger partial charge in [-0.25, -0.2) is 8.78 Å². The van der Waals surface area contributed by atoms with Gasteiger partial charge in [0.1, 0.15) is 11.6 Å². The smallest absolute Gasteiger partial charge is 0.254 e. The SMILES string of the molecule is CCC1CCC(O)(CNC(=O)c2ccc(F)cc2F)CC1. The summed E-state index contributed by atoms with van der Waals surface area (Å²) >= 11 is 0. The maximum absolute atomic E-state index is 13.5. The fourth-order valence-corrected chi connectivity index (χ4v) is 2.81. The monoisotopic (exact) mass is 297 g/mol. The highest BCUT2D eigenvalue weighted by atomic mass is 19.1. The minimum Gasteiger partial charge on any atom is -0.388 e. The van der Waals surface area contributed by atoms with Gasteiger partial charge in [0.15, 0.2) is 0 Å². The Labute approximate surface area is 123 Å². The van der Waals surface area contributed by atoms with Crippen LogP contribution in [0.5, 0.6) is 0 Å². The van der Waals surface area contributed by atoms with Crippen molar-refractivity contribution >= 4 is 5.91 Å². The molecule has 0 aliphatic heterocycles. The fraction of sp³-hybridized carbons (Fsp3) is 0.562. The van der Waals surface area contributed by atoms with Crippen molar-refractivity contribution in [2.24, 2.45) is 5.92 Å². The van der Waals surface area contributed by atoms with Crippen LogP contribution in [0.2, 0.25) is 0 Å². The Morgan fingerprint density at radius 3 is 2.62 bits per heavy atom. The van der Waals surface area contributed by atoms with Crippen molar-refractivity contribution in [3.63, 3.8) is 0 Å². The van der Waals surface area contributed by atoms with Gasteiger partial charge in [0.25, 0.3) is 5.91 Å². The molecule has 0 bridgehead atoms. The summed E-state index contributed by atoms with van der Waals surface area (Å²) in [7, 11) is 0. The van der Waals surface area contributed by atoms with Crippen LogP contribution < -0.4 is 5.32 Å². The Morgan fingerprint density at radius 1 is 1.38 bits per heavy atom. The van der Waals surface area contributed by atoms with Gasteiger partial charge in [-0.15, -0.1) is 0 Å². The highest BCUT2D eigenvalue weighted by Crippen LogP contribution is 2.33. The van der Waals surface area contributed by atoms with Crippen LogP contribution in [-0.2, 0) is 0 Å². The second-order valence-corrected chi connectivity index (χ2v) is 5.88. The summed E-state index contributed by atoms with van der Waals surface area (Å²) in [4.78, 5) is 11.9. The van der Waals surface area contributed by atoms with Crippen molar-refractivity contribution in [3.8, 4) is 0 Å². The molecule has 0 radical (unpaired) electrons. The molecule has 5 heteroatoms. The zero-order valence-corrected chi connectivity index (χ0v) is 12.2. The number of aliphatic hydroxyl groups is 1. The third-order valence-corrected chi connectivity index (χ3v) is 4.37. The lowest BCUT2D eigenvalue weighted by molar-refractivity contribution is -0.00790. The average Bonchev–Trinajstić information content (AvgIpc) is 2.46. The van der Waals surface area contributed by atoms with Crippen LogP contribution in [-0.4, -0.2) is 23.2 Å². The predicted octanol–water partition coefficient (Wildman–Crippen LogP) is 3.03. The molecule has 1 aromatic rings. The molecule has 0 heterocycles. The molecule has 2 N–H and O–H groups in total. The fourth-order valence-electron chi connectivity index (χ4n) is 2.81. The summed E-state index contributed by atoms with van der Waals surface area (Å²) < 4.78 is 26.3. The average molecular weight is 297 g/mol. The van der Waals surface area contributed by atoms with Crippen LogP contribution in [0.25, 0.3) is 0 Å². The first-order chi connectivity index (χ1) is 9.93. The molecular formula is C16H21F2NO2. The molecule has 1 aliphatic rings. The van der Waals surface area contributed by atoms with E-state index >= 15 is 0 Å². The zero-order valence-electron chi connectivity index (χ0n) is 12.2. The van der Waals surface area contributed by atoms with Crippen LogP contribution in [0.1, 0.15) is 49.4 Å². The number of carbonyl (C=O) groups is 1. The van der Waals surface area contributed by atoms with Crippen LogP contribution >= 0.6 is 0 Å². The molecule has 1 saturated carbocycles. The van der Waals surface area contributed by atoms with Crippen LogP contribution in [0, 0.1) is 17.6 Å². The van der Waals surface area contributed by atoms with Crippen molar-refractivity contribution in [1.29, 1.82) is 0 Å². The van der Waals surface area contributed by atoms with Gasteiger partial charge in [-0.1, -0.05) is 13.3 Å². The summed E-state index contributed by atoms with van der Waals surface area (Å²) in [6.07, 6.45) is 4.25. The highest BCUT2D eigenvalue weighted by molar-refractivity contribution is 5.94. The molecule has 3 nitrogen and oxygen atoms in total. The molecular weight excluding hydrogens is 276 g/mol. The van der Waals surface area contributed by atoms with Crippen LogP contribution in [0.3, 0.4) is 0 Å². The Hall–Kier alpha value is -1.49. The van der Waals surface area contributed by atoms with Gasteiger partial charge in [-0.3, -0.25) is 4.79 Å². The zero-order chi connectivity index (χ0) is 15.5. The van der Waals surface area contributed by atoms with Gasteiger partial charge in [0, 0.05) is 12.6 Å². The van der Waals surface area contributed by atoms with E-state index < -0.39 is 23.1 Å². The number of benzene rings is 1. The summed E-state index contributed by atoms with van der Waals surface area (Å²) in [5.74, 6) is -1.61. The third-order valence-electron chi connectivity index (χ3n) is 4.37. The van der Waals surface area contributed by atoms with E-state index in [0.29, 0.717) is 24.8 Å². The number of hydrogen-bond acceptors (Lipinski definition) is 2. The second-order valence-electron chi connectivity index (χ2n) is 5.88. The molecule has 0 aromatic heterocycles. The maximum Gasteiger partial charge on any atom is 0.254 e. The Kier molecular flexibility index (Phi) is 4.93. The normalized spacial score (nSPS) is 25.6. The minimum absolute atomic E-state index is 0.0963. The van der Waals surface area contributed by atoms with Gasteiger partial charge >= 0.3 is 0 Å². The van der Waals surface area contributed by atoms with Gasteiger partial charge in [0.2, 0.25) is 0 Å². The maximum atomic E-state index is 13.5. The lowest BCUT2D eigenvalue weighted by Crippen LogP contribution is -2.45. The Bertz CT molecular complexity index is 511. The number of rotatable bonds is 4. The van der Waals surface area contributed by atoms with Crippen molar-refractivity contribution < 1.29 is 18.7 Å². The minimum atomic E-state index is -0.919. The molecule has 0 saturated heterocycles. The van der Waals surface area contributed by atoms with E-state index in [1.807, 2.05) is 0 Å². The van der Waals surface area contributed by atoms with Crippen molar-refractivity contribution in [3.05, 3.63) is 35.4 Å². The highest BCUT2D eigenvalue weighted by Gasteiger charge is 2.33. The lowest BCUT2D eigenvalue weighted by atomic mass is 9.78. The number of carbonyl (C=O) groups excluding carboxylic acids is 1.